The topological polar surface area (TPSA) is 93.1 Å². The largest absolute Gasteiger partial charge is 0.480 e. The molecular weight excluding hydrogens is 482 g/mol. The molecule has 1 aliphatic carbocycles. The Morgan fingerprint density at radius 1 is 0.868 bits per heavy atom. The van der Waals surface area contributed by atoms with Gasteiger partial charge in [-0.15, -0.1) is 0 Å². The lowest BCUT2D eigenvalue weighted by Crippen LogP contribution is -2.37. The predicted molar refractivity (Wildman–Crippen MR) is 144 cm³/mol. The van der Waals surface area contributed by atoms with Crippen molar-refractivity contribution in [3.63, 3.8) is 0 Å². The number of benzene rings is 3. The van der Waals surface area contributed by atoms with Gasteiger partial charge >= 0.3 is 18.0 Å². The molecule has 0 aliphatic heterocycles. The fourth-order valence-electron chi connectivity index (χ4n) is 4.70. The van der Waals surface area contributed by atoms with Gasteiger partial charge in [-0.3, -0.25) is 9.69 Å². The maximum Gasteiger partial charge on any atom is 0.410 e. The average Bonchev–Trinajstić information content (AvgIpc) is 3.19. The summed E-state index contributed by atoms with van der Waals surface area (Å²) in [5.41, 5.74) is 5.33. The zero-order valence-electron chi connectivity index (χ0n) is 22.0. The maximum absolute atomic E-state index is 12.9. The molecule has 198 valence electrons. The number of carboxylic acids is 1. The number of hydrogen-bond donors (Lipinski definition) is 1. The fraction of sp³-hybridized carbons (Fsp3) is 0.323. The van der Waals surface area contributed by atoms with E-state index in [1.165, 1.54) is 4.90 Å². The number of ether oxygens (including phenoxy) is 2. The van der Waals surface area contributed by atoms with Crippen LogP contribution < -0.4 is 0 Å². The SMILES string of the molecule is CC(C)(C)OC(=O)c1ccc(CCCN(CC(=O)O)C(=O)OCC2c3ccccc3-c3ccccc32)cc1. The summed E-state index contributed by atoms with van der Waals surface area (Å²) >= 11 is 0. The Kier molecular flexibility index (Phi) is 8.15. The molecule has 0 heterocycles. The van der Waals surface area contributed by atoms with E-state index in [0.717, 1.165) is 27.8 Å². The third kappa shape index (κ3) is 6.59. The fourth-order valence-corrected chi connectivity index (χ4v) is 4.70. The van der Waals surface area contributed by atoms with Gasteiger partial charge in [0.1, 0.15) is 18.8 Å². The van der Waals surface area contributed by atoms with E-state index in [2.05, 4.69) is 12.1 Å². The summed E-state index contributed by atoms with van der Waals surface area (Å²) in [5, 5.41) is 9.36. The Hall–Kier alpha value is -4.13. The lowest BCUT2D eigenvalue weighted by atomic mass is 9.98. The molecule has 1 N–H and O–H groups in total. The van der Waals surface area contributed by atoms with Gasteiger partial charge in [-0.25, -0.2) is 9.59 Å². The number of fused-ring (bicyclic) bond motifs is 3. The van der Waals surface area contributed by atoms with E-state index in [9.17, 15) is 19.5 Å². The molecule has 0 aromatic heterocycles. The van der Waals surface area contributed by atoms with Gasteiger partial charge in [0.2, 0.25) is 0 Å². The highest BCUT2D eigenvalue weighted by atomic mass is 16.6. The van der Waals surface area contributed by atoms with E-state index in [0.29, 0.717) is 18.4 Å². The molecule has 0 radical (unpaired) electrons. The summed E-state index contributed by atoms with van der Waals surface area (Å²) in [7, 11) is 0. The van der Waals surface area contributed by atoms with Crippen molar-refractivity contribution in [2.45, 2.75) is 45.1 Å². The Bertz CT molecular complexity index is 1260. The van der Waals surface area contributed by atoms with Crippen molar-refractivity contribution in [2.24, 2.45) is 0 Å². The van der Waals surface area contributed by atoms with E-state index in [1.807, 2.05) is 69.3 Å². The van der Waals surface area contributed by atoms with Crippen LogP contribution in [-0.4, -0.2) is 53.3 Å². The molecule has 3 aromatic carbocycles. The van der Waals surface area contributed by atoms with E-state index in [1.54, 1.807) is 12.1 Å². The molecule has 0 saturated heterocycles. The summed E-state index contributed by atoms with van der Waals surface area (Å²) < 4.78 is 11.0. The van der Waals surface area contributed by atoms with Crippen LogP contribution in [0.4, 0.5) is 4.79 Å². The maximum atomic E-state index is 12.9. The van der Waals surface area contributed by atoms with Gasteiger partial charge in [0.15, 0.2) is 0 Å². The van der Waals surface area contributed by atoms with Gasteiger partial charge in [-0.2, -0.15) is 0 Å². The van der Waals surface area contributed by atoms with Crippen LogP contribution in [0.2, 0.25) is 0 Å². The number of carboxylic acid groups (broad SMARTS) is 1. The minimum atomic E-state index is -1.10. The number of nitrogens with zero attached hydrogens (tertiary/aromatic N) is 1. The minimum Gasteiger partial charge on any atom is -0.480 e. The van der Waals surface area contributed by atoms with E-state index < -0.39 is 24.2 Å². The van der Waals surface area contributed by atoms with Crippen LogP contribution in [0.3, 0.4) is 0 Å². The van der Waals surface area contributed by atoms with Crippen LogP contribution in [0, 0.1) is 0 Å². The van der Waals surface area contributed by atoms with E-state index in [-0.39, 0.29) is 25.0 Å². The molecule has 7 nitrogen and oxygen atoms in total. The lowest BCUT2D eigenvalue weighted by molar-refractivity contribution is -0.138. The standard InChI is InChI=1S/C31H33NO6/c1-31(2,3)38-29(35)22-16-14-21(15-17-22)9-8-18-32(19-28(33)34)30(36)37-20-27-25-12-6-4-10-23(25)24-11-5-7-13-26(24)27/h4-7,10-17,27H,8-9,18-20H2,1-3H3,(H,33,34). The quantitative estimate of drug-likeness (QED) is 0.356. The zero-order valence-corrected chi connectivity index (χ0v) is 22.0. The van der Waals surface area contributed by atoms with Gasteiger partial charge in [-0.1, -0.05) is 60.7 Å². The number of carbonyl (C=O) groups is 3. The van der Waals surface area contributed by atoms with Crippen LogP contribution in [0.25, 0.3) is 11.1 Å². The van der Waals surface area contributed by atoms with Crippen molar-refractivity contribution < 1.29 is 29.0 Å². The first-order chi connectivity index (χ1) is 18.1. The number of amides is 1. The molecule has 7 heteroatoms. The first kappa shape index (κ1) is 26.9. The monoisotopic (exact) mass is 515 g/mol. The van der Waals surface area contributed by atoms with Crippen LogP contribution in [0.15, 0.2) is 72.8 Å². The summed E-state index contributed by atoms with van der Waals surface area (Å²) in [5.74, 6) is -1.58. The van der Waals surface area contributed by atoms with Crippen molar-refractivity contribution in [1.29, 1.82) is 0 Å². The van der Waals surface area contributed by atoms with Crippen molar-refractivity contribution >= 4 is 18.0 Å². The van der Waals surface area contributed by atoms with Crippen LogP contribution in [0.5, 0.6) is 0 Å². The van der Waals surface area contributed by atoms with Gasteiger partial charge < -0.3 is 14.6 Å². The second-order valence-electron chi connectivity index (χ2n) is 10.4. The third-order valence-corrected chi connectivity index (χ3v) is 6.40. The smallest absolute Gasteiger partial charge is 0.410 e. The molecule has 0 bridgehead atoms. The van der Waals surface area contributed by atoms with Crippen molar-refractivity contribution in [2.75, 3.05) is 19.7 Å². The molecule has 0 unspecified atom stereocenters. The van der Waals surface area contributed by atoms with Crippen molar-refractivity contribution in [3.05, 3.63) is 95.1 Å². The van der Waals surface area contributed by atoms with Gasteiger partial charge in [0.05, 0.1) is 5.56 Å². The number of carbonyl (C=O) groups excluding carboxylic acids is 2. The van der Waals surface area contributed by atoms with E-state index >= 15 is 0 Å². The predicted octanol–water partition coefficient (Wildman–Crippen LogP) is 5.91. The van der Waals surface area contributed by atoms with Crippen molar-refractivity contribution in [3.8, 4) is 11.1 Å². The zero-order chi connectivity index (χ0) is 27.3. The van der Waals surface area contributed by atoms with Gasteiger partial charge in [0, 0.05) is 12.5 Å². The Labute approximate surface area is 223 Å². The first-order valence-corrected chi connectivity index (χ1v) is 12.8. The molecule has 3 aromatic rings. The van der Waals surface area contributed by atoms with Crippen LogP contribution >= 0.6 is 0 Å². The Morgan fingerprint density at radius 2 is 1.45 bits per heavy atom. The van der Waals surface area contributed by atoms with Gasteiger partial charge in [0.25, 0.3) is 0 Å². The molecular formula is C31H33NO6. The molecule has 0 fully saturated rings. The summed E-state index contributed by atoms with van der Waals surface area (Å²) in [6.45, 7) is 5.39. The second-order valence-corrected chi connectivity index (χ2v) is 10.4. The lowest BCUT2D eigenvalue weighted by Gasteiger charge is -2.22. The molecule has 38 heavy (non-hydrogen) atoms. The van der Waals surface area contributed by atoms with Gasteiger partial charge in [-0.05, 0) is 73.6 Å². The molecule has 1 amide bonds. The highest BCUT2D eigenvalue weighted by Gasteiger charge is 2.30. The Balaban J connectivity index is 1.34. The normalized spacial score (nSPS) is 12.4. The number of esters is 1. The second kappa shape index (κ2) is 11.5. The van der Waals surface area contributed by atoms with Crippen molar-refractivity contribution in [1.82, 2.24) is 4.90 Å². The first-order valence-electron chi connectivity index (χ1n) is 12.8. The van der Waals surface area contributed by atoms with Crippen LogP contribution in [-0.2, 0) is 20.7 Å². The number of rotatable bonds is 9. The summed E-state index contributed by atoms with van der Waals surface area (Å²) in [6, 6.07) is 23.2. The highest BCUT2D eigenvalue weighted by molar-refractivity contribution is 5.89. The number of aryl methyl sites for hydroxylation is 1. The molecule has 0 atom stereocenters. The highest BCUT2D eigenvalue weighted by Crippen LogP contribution is 2.44. The van der Waals surface area contributed by atoms with E-state index in [4.69, 9.17) is 9.47 Å². The van der Waals surface area contributed by atoms with Crippen LogP contribution in [0.1, 0.15) is 60.2 Å². The average molecular weight is 516 g/mol. The minimum absolute atomic E-state index is 0.0958. The molecule has 0 saturated carbocycles. The third-order valence-electron chi connectivity index (χ3n) is 6.40. The Morgan fingerprint density at radius 3 is 2.00 bits per heavy atom. The molecule has 1 aliphatic rings. The molecule has 4 rings (SSSR count). The number of aliphatic carboxylic acids is 1. The summed E-state index contributed by atoms with van der Waals surface area (Å²) in [6.07, 6.45) is 0.513. The number of hydrogen-bond acceptors (Lipinski definition) is 5. The summed E-state index contributed by atoms with van der Waals surface area (Å²) in [4.78, 5) is 37.8. The molecule has 0 spiro atoms.